The zero-order chi connectivity index (χ0) is 16.8. The first kappa shape index (κ1) is 16.3. The summed E-state index contributed by atoms with van der Waals surface area (Å²) in [5.74, 6) is 0.105. The summed E-state index contributed by atoms with van der Waals surface area (Å²) in [6.45, 7) is -0.112. The smallest absolute Gasteiger partial charge is 0.360 e. The Morgan fingerprint density at radius 1 is 1.22 bits per heavy atom. The topological polar surface area (TPSA) is 105 Å². The number of nitrogens with one attached hydrogen (secondary N) is 1. The van der Waals surface area contributed by atoms with Crippen molar-refractivity contribution in [1.82, 2.24) is 15.0 Å². The molecule has 1 amide bonds. The summed E-state index contributed by atoms with van der Waals surface area (Å²) < 4.78 is 16.0. The van der Waals surface area contributed by atoms with Gasteiger partial charge in [0.05, 0.1) is 33.2 Å². The third kappa shape index (κ3) is 3.96. The lowest BCUT2D eigenvalue weighted by molar-refractivity contribution is -0.116. The highest BCUT2D eigenvalue weighted by Crippen LogP contribution is 2.28. The second-order valence-electron chi connectivity index (χ2n) is 4.41. The van der Waals surface area contributed by atoms with Crippen LogP contribution in [0.25, 0.3) is 0 Å². The molecule has 0 saturated heterocycles. The number of ether oxygens (including phenoxy) is 3. The lowest BCUT2D eigenvalue weighted by atomic mass is 10.2. The van der Waals surface area contributed by atoms with Crippen LogP contribution in [0.5, 0.6) is 11.5 Å². The summed E-state index contributed by atoms with van der Waals surface area (Å²) in [6, 6.07) is 5.01. The van der Waals surface area contributed by atoms with Gasteiger partial charge < -0.3 is 19.5 Å². The fourth-order valence-corrected chi connectivity index (χ4v) is 1.81. The molecule has 2 aromatic rings. The number of rotatable bonds is 6. The molecule has 0 spiro atoms. The average Bonchev–Trinajstić information content (AvgIpc) is 3.02. The molecule has 23 heavy (non-hydrogen) atoms. The fourth-order valence-electron chi connectivity index (χ4n) is 1.81. The molecule has 0 saturated carbocycles. The van der Waals surface area contributed by atoms with Crippen LogP contribution < -0.4 is 14.8 Å². The number of nitrogens with zero attached hydrogens (tertiary/aromatic N) is 3. The van der Waals surface area contributed by atoms with Gasteiger partial charge in [0.25, 0.3) is 0 Å². The van der Waals surface area contributed by atoms with Crippen LogP contribution in [-0.4, -0.2) is 48.2 Å². The highest BCUT2D eigenvalue weighted by atomic mass is 16.5. The summed E-state index contributed by atoms with van der Waals surface area (Å²) in [6.07, 6.45) is 1.33. The first-order chi connectivity index (χ1) is 11.1. The second kappa shape index (κ2) is 7.25. The molecule has 0 aliphatic heterocycles. The quantitative estimate of drug-likeness (QED) is 0.782. The molecular weight excluding hydrogens is 304 g/mol. The Morgan fingerprint density at radius 3 is 2.65 bits per heavy atom. The van der Waals surface area contributed by atoms with Gasteiger partial charge in [0.2, 0.25) is 5.91 Å². The predicted molar refractivity (Wildman–Crippen MR) is 79.5 cm³/mol. The minimum Gasteiger partial charge on any atom is -0.497 e. The summed E-state index contributed by atoms with van der Waals surface area (Å²) in [5, 5.41) is 10.0. The molecule has 0 radical (unpaired) electrons. The van der Waals surface area contributed by atoms with Crippen molar-refractivity contribution in [3.05, 3.63) is 30.1 Å². The molecule has 1 heterocycles. The van der Waals surface area contributed by atoms with E-state index in [4.69, 9.17) is 9.47 Å². The number of hydrogen-bond acceptors (Lipinski definition) is 7. The third-order valence-corrected chi connectivity index (χ3v) is 2.92. The Hall–Kier alpha value is -3.10. The van der Waals surface area contributed by atoms with Gasteiger partial charge in [0.15, 0.2) is 5.69 Å². The first-order valence-electron chi connectivity index (χ1n) is 6.57. The van der Waals surface area contributed by atoms with E-state index in [-0.39, 0.29) is 18.1 Å². The zero-order valence-corrected chi connectivity index (χ0v) is 12.9. The number of benzene rings is 1. The van der Waals surface area contributed by atoms with Crippen LogP contribution in [-0.2, 0) is 16.1 Å². The normalized spacial score (nSPS) is 10.0. The van der Waals surface area contributed by atoms with Crippen LogP contribution in [0.2, 0.25) is 0 Å². The van der Waals surface area contributed by atoms with Gasteiger partial charge in [-0.1, -0.05) is 5.21 Å². The van der Waals surface area contributed by atoms with E-state index in [1.54, 1.807) is 18.2 Å². The standard InChI is InChI=1S/C14H16N4O5/c1-21-9-4-5-10(12(6-9)22-2)15-13(19)8-18-7-11(16-17-18)14(20)23-3/h4-7H,8H2,1-3H3,(H,15,19). The van der Waals surface area contributed by atoms with Gasteiger partial charge in [-0.05, 0) is 12.1 Å². The molecule has 1 aromatic heterocycles. The Kier molecular flexibility index (Phi) is 5.13. The molecule has 0 aliphatic rings. The minimum atomic E-state index is -0.617. The number of amides is 1. The number of carbonyl (C=O) groups is 2. The Balaban J connectivity index is 2.05. The summed E-state index contributed by atoms with van der Waals surface area (Å²) >= 11 is 0. The fraction of sp³-hybridized carbons (Fsp3) is 0.286. The van der Waals surface area contributed by atoms with E-state index in [0.29, 0.717) is 17.2 Å². The zero-order valence-electron chi connectivity index (χ0n) is 12.9. The molecule has 0 unspecified atom stereocenters. The average molecular weight is 320 g/mol. The van der Waals surface area contributed by atoms with Crippen LogP contribution in [0.3, 0.4) is 0 Å². The molecule has 1 aromatic carbocycles. The van der Waals surface area contributed by atoms with Crippen molar-refractivity contribution in [2.45, 2.75) is 6.54 Å². The lowest BCUT2D eigenvalue weighted by Crippen LogP contribution is -2.19. The van der Waals surface area contributed by atoms with E-state index in [1.165, 1.54) is 32.2 Å². The van der Waals surface area contributed by atoms with E-state index in [0.717, 1.165) is 0 Å². The van der Waals surface area contributed by atoms with E-state index in [2.05, 4.69) is 20.4 Å². The van der Waals surface area contributed by atoms with Crippen LogP contribution in [0.15, 0.2) is 24.4 Å². The Morgan fingerprint density at radius 2 is 2.00 bits per heavy atom. The molecule has 1 N–H and O–H groups in total. The number of methoxy groups -OCH3 is 3. The summed E-state index contributed by atoms with van der Waals surface area (Å²) in [4.78, 5) is 23.3. The van der Waals surface area contributed by atoms with Crippen LogP contribution in [0.1, 0.15) is 10.5 Å². The second-order valence-corrected chi connectivity index (χ2v) is 4.41. The molecule has 9 nitrogen and oxygen atoms in total. The molecule has 0 fully saturated rings. The summed E-state index contributed by atoms with van der Waals surface area (Å²) in [5.41, 5.74) is 0.522. The van der Waals surface area contributed by atoms with E-state index >= 15 is 0 Å². The van der Waals surface area contributed by atoms with Crippen molar-refractivity contribution in [2.75, 3.05) is 26.6 Å². The number of carbonyl (C=O) groups excluding carboxylic acids is 2. The van der Waals surface area contributed by atoms with Gasteiger partial charge in [-0.3, -0.25) is 4.79 Å². The molecule has 0 bridgehead atoms. The van der Waals surface area contributed by atoms with Crippen molar-refractivity contribution in [3.8, 4) is 11.5 Å². The Bertz CT molecular complexity index is 713. The van der Waals surface area contributed by atoms with Gasteiger partial charge in [0.1, 0.15) is 18.0 Å². The van der Waals surface area contributed by atoms with Crippen LogP contribution in [0.4, 0.5) is 5.69 Å². The molecular formula is C14H16N4O5. The van der Waals surface area contributed by atoms with Crippen LogP contribution >= 0.6 is 0 Å². The van der Waals surface area contributed by atoms with Crippen molar-refractivity contribution in [3.63, 3.8) is 0 Å². The van der Waals surface area contributed by atoms with Crippen molar-refractivity contribution < 1.29 is 23.8 Å². The van der Waals surface area contributed by atoms with Gasteiger partial charge in [-0.25, -0.2) is 9.48 Å². The van der Waals surface area contributed by atoms with Gasteiger partial charge in [-0.2, -0.15) is 0 Å². The van der Waals surface area contributed by atoms with Crippen molar-refractivity contribution in [1.29, 1.82) is 0 Å². The van der Waals surface area contributed by atoms with E-state index < -0.39 is 5.97 Å². The maximum atomic E-state index is 12.1. The first-order valence-corrected chi connectivity index (χ1v) is 6.57. The Labute approximate surface area is 132 Å². The molecule has 0 atom stereocenters. The lowest BCUT2D eigenvalue weighted by Gasteiger charge is -2.11. The number of esters is 1. The van der Waals surface area contributed by atoms with Crippen molar-refractivity contribution in [2.24, 2.45) is 0 Å². The van der Waals surface area contributed by atoms with Gasteiger partial charge >= 0.3 is 5.97 Å². The maximum Gasteiger partial charge on any atom is 0.360 e. The number of aromatic nitrogens is 3. The van der Waals surface area contributed by atoms with Gasteiger partial charge in [-0.15, -0.1) is 5.10 Å². The predicted octanol–water partition coefficient (Wildman–Crippen LogP) is 0.721. The van der Waals surface area contributed by atoms with Crippen LogP contribution in [0, 0.1) is 0 Å². The molecule has 122 valence electrons. The maximum absolute atomic E-state index is 12.1. The monoisotopic (exact) mass is 320 g/mol. The van der Waals surface area contributed by atoms with Gasteiger partial charge in [0, 0.05) is 6.07 Å². The summed E-state index contributed by atoms with van der Waals surface area (Å²) in [7, 11) is 4.27. The molecule has 2 rings (SSSR count). The molecule has 9 heteroatoms. The highest BCUT2D eigenvalue weighted by Gasteiger charge is 2.13. The number of hydrogen-bond donors (Lipinski definition) is 1. The SMILES string of the molecule is COC(=O)c1cn(CC(=O)Nc2ccc(OC)cc2OC)nn1. The highest BCUT2D eigenvalue weighted by molar-refractivity contribution is 5.92. The molecule has 0 aliphatic carbocycles. The van der Waals surface area contributed by atoms with E-state index in [1.807, 2.05) is 0 Å². The largest absolute Gasteiger partial charge is 0.497 e. The minimum absolute atomic E-state index is 0.0299. The van der Waals surface area contributed by atoms with Crippen molar-refractivity contribution >= 4 is 17.6 Å². The third-order valence-electron chi connectivity index (χ3n) is 2.92. The van der Waals surface area contributed by atoms with E-state index in [9.17, 15) is 9.59 Å². The number of anilines is 1.